The second-order valence-electron chi connectivity index (χ2n) is 10.5. The number of fused-ring (bicyclic) bond motifs is 6. The average Bonchev–Trinajstić information content (AvgIpc) is 3.09. The van der Waals surface area contributed by atoms with E-state index < -0.39 is 0 Å². The summed E-state index contributed by atoms with van der Waals surface area (Å²) in [5.41, 5.74) is 7.11. The summed E-state index contributed by atoms with van der Waals surface area (Å²) in [4.78, 5) is 14.4. The van der Waals surface area contributed by atoms with Crippen LogP contribution in [0, 0.1) is 0 Å². The summed E-state index contributed by atoms with van der Waals surface area (Å²) < 4.78 is 0. The smallest absolute Gasteiger partial charge is 0.160 e. The molecule has 3 nitrogen and oxygen atoms in total. The predicted octanol–water partition coefficient (Wildman–Crippen LogP) is 10.00. The lowest BCUT2D eigenvalue weighted by molar-refractivity contribution is 1.18. The number of hydrogen-bond donors (Lipinski definition) is 0. The fraction of sp³-hybridized carbons (Fsp3) is 0. The van der Waals surface area contributed by atoms with Crippen LogP contribution >= 0.6 is 0 Å². The zero-order valence-corrected chi connectivity index (χ0v) is 22.8. The van der Waals surface area contributed by atoms with Crippen LogP contribution in [-0.2, 0) is 0 Å². The van der Waals surface area contributed by atoms with Gasteiger partial charge in [-0.1, -0.05) is 109 Å². The minimum absolute atomic E-state index is 0.700. The number of rotatable bonds is 4. The average molecular weight is 536 g/mol. The van der Waals surface area contributed by atoms with Crippen LogP contribution in [0.1, 0.15) is 0 Å². The Morgan fingerprint density at radius 3 is 1.55 bits per heavy atom. The minimum Gasteiger partial charge on any atom is -0.265 e. The van der Waals surface area contributed by atoms with Gasteiger partial charge >= 0.3 is 0 Å². The minimum atomic E-state index is 0.700. The number of pyridine rings is 1. The van der Waals surface area contributed by atoms with Gasteiger partial charge in [0.1, 0.15) is 0 Å². The van der Waals surface area contributed by atoms with Crippen molar-refractivity contribution in [3.8, 4) is 45.0 Å². The molecule has 2 heterocycles. The van der Waals surface area contributed by atoms with Crippen molar-refractivity contribution in [2.75, 3.05) is 0 Å². The summed E-state index contributed by atoms with van der Waals surface area (Å²) in [5.74, 6) is 0.700. The Morgan fingerprint density at radius 1 is 0.310 bits per heavy atom. The van der Waals surface area contributed by atoms with Crippen LogP contribution in [0.2, 0.25) is 0 Å². The van der Waals surface area contributed by atoms with E-state index in [1.807, 2.05) is 42.7 Å². The third kappa shape index (κ3) is 4.20. The Hall–Kier alpha value is -5.67. The Morgan fingerprint density at radius 2 is 0.857 bits per heavy atom. The molecular formula is C39H25N3. The zero-order valence-electron chi connectivity index (χ0n) is 22.8. The molecule has 0 radical (unpaired) electrons. The summed E-state index contributed by atoms with van der Waals surface area (Å²) >= 11 is 0. The largest absolute Gasteiger partial charge is 0.265 e. The molecular weight excluding hydrogens is 510 g/mol. The molecule has 0 fully saturated rings. The lowest BCUT2D eigenvalue weighted by Gasteiger charge is -2.13. The first-order chi connectivity index (χ1) is 20.8. The third-order valence-corrected chi connectivity index (χ3v) is 7.97. The number of hydrogen-bond acceptors (Lipinski definition) is 3. The summed E-state index contributed by atoms with van der Waals surface area (Å²) in [6.45, 7) is 0. The molecule has 0 bridgehead atoms. The van der Waals surface area contributed by atoms with Crippen molar-refractivity contribution < 1.29 is 0 Å². The van der Waals surface area contributed by atoms with Crippen LogP contribution in [-0.4, -0.2) is 15.0 Å². The van der Waals surface area contributed by atoms with Crippen molar-refractivity contribution in [2.45, 2.75) is 0 Å². The van der Waals surface area contributed by atoms with Gasteiger partial charge in [-0.2, -0.15) is 0 Å². The van der Waals surface area contributed by atoms with Gasteiger partial charge < -0.3 is 0 Å². The zero-order chi connectivity index (χ0) is 27.9. The van der Waals surface area contributed by atoms with Gasteiger partial charge in [0.25, 0.3) is 0 Å². The molecule has 0 amide bonds. The van der Waals surface area contributed by atoms with Gasteiger partial charge in [-0.25, -0.2) is 9.97 Å². The molecule has 8 rings (SSSR count). The Kier molecular flexibility index (Phi) is 5.79. The molecule has 0 saturated heterocycles. The van der Waals surface area contributed by atoms with Gasteiger partial charge in [0, 0.05) is 29.1 Å². The summed E-state index contributed by atoms with van der Waals surface area (Å²) in [6.07, 6.45) is 3.64. The first kappa shape index (κ1) is 24.2. The van der Waals surface area contributed by atoms with Gasteiger partial charge in [-0.15, -0.1) is 0 Å². The summed E-state index contributed by atoms with van der Waals surface area (Å²) in [5, 5.41) is 7.52. The van der Waals surface area contributed by atoms with Crippen molar-refractivity contribution in [3.63, 3.8) is 0 Å². The molecule has 8 aromatic rings. The fourth-order valence-electron chi connectivity index (χ4n) is 5.93. The normalized spacial score (nSPS) is 11.3. The SMILES string of the molecule is c1ccc(-c2cc(-c3ccc4c5ccccc5c5ccccc5c4c3)nc(-c3cccc(-c4ccncc4)c3)n2)cc1. The summed E-state index contributed by atoms with van der Waals surface area (Å²) in [7, 11) is 0. The van der Waals surface area contributed by atoms with Gasteiger partial charge in [0.15, 0.2) is 5.82 Å². The highest BCUT2D eigenvalue weighted by atomic mass is 14.9. The van der Waals surface area contributed by atoms with E-state index in [0.717, 1.165) is 39.2 Å². The van der Waals surface area contributed by atoms with E-state index in [2.05, 4.69) is 114 Å². The maximum Gasteiger partial charge on any atom is 0.160 e. The maximum absolute atomic E-state index is 5.16. The molecule has 0 saturated carbocycles. The first-order valence-corrected chi connectivity index (χ1v) is 14.1. The van der Waals surface area contributed by atoms with Crippen LogP contribution in [0.15, 0.2) is 152 Å². The van der Waals surface area contributed by atoms with Crippen molar-refractivity contribution in [2.24, 2.45) is 0 Å². The van der Waals surface area contributed by atoms with Crippen LogP contribution in [0.25, 0.3) is 77.3 Å². The van der Waals surface area contributed by atoms with E-state index in [9.17, 15) is 0 Å². The molecule has 0 atom stereocenters. The second-order valence-corrected chi connectivity index (χ2v) is 10.5. The molecule has 2 aromatic heterocycles. The monoisotopic (exact) mass is 535 g/mol. The number of benzene rings is 6. The van der Waals surface area contributed by atoms with E-state index in [-0.39, 0.29) is 0 Å². The molecule has 0 spiro atoms. The molecule has 0 unspecified atom stereocenters. The Bertz CT molecular complexity index is 2200. The number of nitrogens with zero attached hydrogens (tertiary/aromatic N) is 3. The molecule has 0 N–H and O–H groups in total. The van der Waals surface area contributed by atoms with E-state index in [4.69, 9.17) is 9.97 Å². The van der Waals surface area contributed by atoms with Crippen molar-refractivity contribution in [3.05, 3.63) is 152 Å². The van der Waals surface area contributed by atoms with Gasteiger partial charge in [0.05, 0.1) is 11.4 Å². The molecule has 0 aliphatic rings. The van der Waals surface area contributed by atoms with Crippen molar-refractivity contribution in [1.29, 1.82) is 0 Å². The van der Waals surface area contributed by atoms with Gasteiger partial charge in [-0.3, -0.25) is 4.98 Å². The van der Waals surface area contributed by atoms with E-state index in [0.29, 0.717) is 5.82 Å². The third-order valence-electron chi connectivity index (χ3n) is 7.97. The van der Waals surface area contributed by atoms with Crippen molar-refractivity contribution in [1.82, 2.24) is 15.0 Å². The second kappa shape index (κ2) is 10.1. The molecule has 196 valence electrons. The van der Waals surface area contributed by atoms with Crippen LogP contribution in [0.5, 0.6) is 0 Å². The number of aromatic nitrogens is 3. The molecule has 3 heteroatoms. The van der Waals surface area contributed by atoms with Crippen LogP contribution in [0.4, 0.5) is 0 Å². The molecule has 0 aliphatic carbocycles. The quantitative estimate of drug-likeness (QED) is 0.211. The maximum atomic E-state index is 5.16. The Balaban J connectivity index is 1.35. The van der Waals surface area contributed by atoms with Gasteiger partial charge in [0.2, 0.25) is 0 Å². The predicted molar refractivity (Wildman–Crippen MR) is 174 cm³/mol. The van der Waals surface area contributed by atoms with Crippen LogP contribution in [0.3, 0.4) is 0 Å². The first-order valence-electron chi connectivity index (χ1n) is 14.1. The molecule has 42 heavy (non-hydrogen) atoms. The van der Waals surface area contributed by atoms with E-state index in [1.54, 1.807) is 0 Å². The topological polar surface area (TPSA) is 38.7 Å². The summed E-state index contributed by atoms with van der Waals surface area (Å²) in [6, 6.07) is 49.0. The highest BCUT2D eigenvalue weighted by Crippen LogP contribution is 2.37. The molecule has 6 aromatic carbocycles. The van der Waals surface area contributed by atoms with E-state index in [1.165, 1.54) is 32.3 Å². The van der Waals surface area contributed by atoms with Crippen molar-refractivity contribution >= 4 is 32.3 Å². The fourth-order valence-corrected chi connectivity index (χ4v) is 5.93. The highest BCUT2D eigenvalue weighted by Gasteiger charge is 2.14. The lowest BCUT2D eigenvalue weighted by Crippen LogP contribution is -1.96. The standard InChI is InChI=1S/C39H25N3/c1-2-9-27(10-3-1)37-25-38(42-39(41-37)30-12-8-11-28(23-30)26-19-21-40-22-20-26)29-17-18-35-33-15-5-4-13-31(33)32-14-6-7-16-34(32)36(35)24-29/h1-25H. The highest BCUT2D eigenvalue weighted by molar-refractivity contribution is 6.25. The lowest BCUT2D eigenvalue weighted by atomic mass is 9.92. The Labute approximate surface area is 243 Å². The van der Waals surface area contributed by atoms with Crippen LogP contribution < -0.4 is 0 Å². The van der Waals surface area contributed by atoms with E-state index >= 15 is 0 Å². The van der Waals surface area contributed by atoms with Gasteiger partial charge in [-0.05, 0) is 73.8 Å². The molecule has 0 aliphatic heterocycles.